The van der Waals surface area contributed by atoms with Gasteiger partial charge in [-0.25, -0.2) is 9.97 Å². The fraction of sp³-hybridized carbons (Fsp3) is 0.500. The van der Waals surface area contributed by atoms with Crippen LogP contribution < -0.4 is 10.2 Å². The molecule has 0 aliphatic carbocycles. The maximum absolute atomic E-state index is 12.4. The Kier molecular flexibility index (Phi) is 5.37. The number of piperazine rings is 1. The zero-order chi connectivity index (χ0) is 16.9. The number of hydrogen-bond donors (Lipinski definition) is 1. The predicted octanol–water partition coefficient (Wildman–Crippen LogP) is 1.24. The minimum absolute atomic E-state index is 0.0912. The van der Waals surface area contributed by atoms with E-state index in [1.165, 1.54) is 4.88 Å². The van der Waals surface area contributed by atoms with Crippen LogP contribution in [0.3, 0.4) is 0 Å². The van der Waals surface area contributed by atoms with Crippen LogP contribution in [-0.4, -0.2) is 58.5 Å². The van der Waals surface area contributed by atoms with Crippen molar-refractivity contribution in [2.45, 2.75) is 19.9 Å². The minimum atomic E-state index is 0.0912. The Morgan fingerprint density at radius 2 is 2.04 bits per heavy atom. The summed E-state index contributed by atoms with van der Waals surface area (Å²) in [4.78, 5) is 30.4. The molecule has 0 spiro atoms. The van der Waals surface area contributed by atoms with Crippen molar-refractivity contribution in [2.75, 3.05) is 37.6 Å². The van der Waals surface area contributed by atoms with Gasteiger partial charge in [0.25, 0.3) is 0 Å². The Morgan fingerprint density at radius 3 is 2.67 bits per heavy atom. The SMILES string of the molecule is Cc1cnc(C(C)NCC(=O)N2CCN(c3cnccn3)CC2)s1. The molecule has 7 nitrogen and oxygen atoms in total. The molecule has 3 heterocycles. The van der Waals surface area contributed by atoms with Crippen molar-refractivity contribution in [3.05, 3.63) is 34.7 Å². The molecular formula is C16H22N6OS. The monoisotopic (exact) mass is 346 g/mol. The van der Waals surface area contributed by atoms with Gasteiger partial charge in [-0.15, -0.1) is 11.3 Å². The van der Waals surface area contributed by atoms with E-state index in [9.17, 15) is 4.79 Å². The number of anilines is 1. The van der Waals surface area contributed by atoms with Crippen LogP contribution in [0.4, 0.5) is 5.82 Å². The van der Waals surface area contributed by atoms with Crippen LogP contribution in [0, 0.1) is 6.92 Å². The van der Waals surface area contributed by atoms with E-state index in [2.05, 4.69) is 25.2 Å². The molecule has 0 radical (unpaired) electrons. The molecule has 0 saturated carbocycles. The summed E-state index contributed by atoms with van der Waals surface area (Å²) >= 11 is 1.66. The molecule has 1 fully saturated rings. The van der Waals surface area contributed by atoms with E-state index in [1.807, 2.05) is 24.9 Å². The molecule has 128 valence electrons. The number of carbonyl (C=O) groups excluding carboxylic acids is 1. The van der Waals surface area contributed by atoms with Crippen LogP contribution in [-0.2, 0) is 4.79 Å². The first-order valence-corrected chi connectivity index (χ1v) is 8.89. The van der Waals surface area contributed by atoms with Gasteiger partial charge >= 0.3 is 0 Å². The van der Waals surface area contributed by atoms with Gasteiger partial charge in [0.2, 0.25) is 5.91 Å². The summed E-state index contributed by atoms with van der Waals surface area (Å²) in [6.07, 6.45) is 6.99. The summed E-state index contributed by atoms with van der Waals surface area (Å²) in [7, 11) is 0. The maximum atomic E-state index is 12.4. The summed E-state index contributed by atoms with van der Waals surface area (Å²) in [5.74, 6) is 1.00. The molecule has 1 aliphatic heterocycles. The third-order valence-electron chi connectivity index (χ3n) is 4.07. The van der Waals surface area contributed by atoms with E-state index in [0.717, 1.165) is 23.9 Å². The van der Waals surface area contributed by atoms with Crippen LogP contribution in [0.2, 0.25) is 0 Å². The van der Waals surface area contributed by atoms with E-state index in [1.54, 1.807) is 29.9 Å². The summed E-state index contributed by atoms with van der Waals surface area (Å²) in [6.45, 7) is 7.40. The lowest BCUT2D eigenvalue weighted by Crippen LogP contribution is -2.51. The number of aromatic nitrogens is 3. The van der Waals surface area contributed by atoms with Gasteiger partial charge in [-0.2, -0.15) is 0 Å². The van der Waals surface area contributed by atoms with Crippen LogP contribution in [0.1, 0.15) is 22.9 Å². The van der Waals surface area contributed by atoms with Gasteiger partial charge in [-0.3, -0.25) is 15.1 Å². The van der Waals surface area contributed by atoms with Gasteiger partial charge in [0.1, 0.15) is 10.8 Å². The van der Waals surface area contributed by atoms with Crippen LogP contribution >= 0.6 is 11.3 Å². The highest BCUT2D eigenvalue weighted by Crippen LogP contribution is 2.18. The molecule has 2 aromatic rings. The molecule has 0 bridgehead atoms. The Bertz CT molecular complexity index is 668. The van der Waals surface area contributed by atoms with E-state index >= 15 is 0 Å². The lowest BCUT2D eigenvalue weighted by Gasteiger charge is -2.35. The van der Waals surface area contributed by atoms with E-state index in [0.29, 0.717) is 19.6 Å². The number of aryl methyl sites for hydroxylation is 1. The first-order valence-electron chi connectivity index (χ1n) is 8.08. The second-order valence-corrected chi connectivity index (χ2v) is 7.11. The molecule has 3 rings (SSSR count). The number of amides is 1. The molecule has 24 heavy (non-hydrogen) atoms. The van der Waals surface area contributed by atoms with Gasteiger partial charge < -0.3 is 9.80 Å². The normalized spacial score (nSPS) is 16.2. The lowest BCUT2D eigenvalue weighted by molar-refractivity contribution is -0.130. The molecule has 1 atom stereocenters. The van der Waals surface area contributed by atoms with Crippen molar-refractivity contribution in [2.24, 2.45) is 0 Å². The molecule has 1 saturated heterocycles. The maximum Gasteiger partial charge on any atom is 0.236 e. The average molecular weight is 346 g/mol. The standard InChI is InChI=1S/C16H22N6OS/c1-12-9-20-16(24-12)13(2)19-11-15(23)22-7-5-21(6-8-22)14-10-17-3-4-18-14/h3-4,9-10,13,19H,5-8,11H2,1-2H3. The Balaban J connectivity index is 1.45. The van der Waals surface area contributed by atoms with Crippen molar-refractivity contribution in [3.63, 3.8) is 0 Å². The van der Waals surface area contributed by atoms with Gasteiger partial charge in [0, 0.05) is 49.6 Å². The number of nitrogens with zero attached hydrogens (tertiary/aromatic N) is 5. The Labute approximate surface area is 145 Å². The Morgan fingerprint density at radius 1 is 1.25 bits per heavy atom. The number of thiazole rings is 1. The fourth-order valence-electron chi connectivity index (χ4n) is 2.65. The largest absolute Gasteiger partial charge is 0.352 e. The molecule has 1 amide bonds. The van der Waals surface area contributed by atoms with Crippen molar-refractivity contribution in [1.29, 1.82) is 0 Å². The molecule has 1 unspecified atom stereocenters. The minimum Gasteiger partial charge on any atom is -0.352 e. The number of rotatable bonds is 5. The van der Waals surface area contributed by atoms with E-state index in [-0.39, 0.29) is 11.9 Å². The molecule has 1 aliphatic rings. The van der Waals surface area contributed by atoms with Gasteiger partial charge in [0.15, 0.2) is 0 Å². The van der Waals surface area contributed by atoms with Gasteiger partial charge in [-0.1, -0.05) is 0 Å². The van der Waals surface area contributed by atoms with Crippen LogP contribution in [0.25, 0.3) is 0 Å². The van der Waals surface area contributed by atoms with Crippen LogP contribution in [0.5, 0.6) is 0 Å². The molecule has 8 heteroatoms. The van der Waals surface area contributed by atoms with Crippen molar-refractivity contribution < 1.29 is 4.79 Å². The fourth-order valence-corrected chi connectivity index (χ4v) is 3.45. The quantitative estimate of drug-likeness (QED) is 0.878. The predicted molar refractivity (Wildman–Crippen MR) is 94.1 cm³/mol. The highest BCUT2D eigenvalue weighted by atomic mass is 32.1. The Hall–Kier alpha value is -2.06. The summed E-state index contributed by atoms with van der Waals surface area (Å²) < 4.78 is 0. The second kappa shape index (κ2) is 7.67. The topological polar surface area (TPSA) is 74.2 Å². The zero-order valence-corrected chi connectivity index (χ0v) is 14.8. The highest BCUT2D eigenvalue weighted by molar-refractivity contribution is 7.11. The molecule has 0 aromatic carbocycles. The molecular weight excluding hydrogens is 324 g/mol. The summed E-state index contributed by atoms with van der Waals surface area (Å²) in [5.41, 5.74) is 0. The van der Waals surface area contributed by atoms with Crippen molar-refractivity contribution in [3.8, 4) is 0 Å². The van der Waals surface area contributed by atoms with Crippen LogP contribution in [0.15, 0.2) is 24.8 Å². The first kappa shape index (κ1) is 16.8. The van der Waals surface area contributed by atoms with Crippen molar-refractivity contribution in [1.82, 2.24) is 25.2 Å². The number of nitrogens with one attached hydrogen (secondary N) is 1. The average Bonchev–Trinajstić information content (AvgIpc) is 3.07. The number of hydrogen-bond acceptors (Lipinski definition) is 7. The molecule has 1 N–H and O–H groups in total. The second-order valence-electron chi connectivity index (χ2n) is 5.84. The van der Waals surface area contributed by atoms with Gasteiger partial charge in [0.05, 0.1) is 18.8 Å². The molecule has 2 aromatic heterocycles. The number of carbonyl (C=O) groups is 1. The zero-order valence-electron chi connectivity index (χ0n) is 14.0. The highest BCUT2D eigenvalue weighted by Gasteiger charge is 2.22. The lowest BCUT2D eigenvalue weighted by atomic mass is 10.3. The van der Waals surface area contributed by atoms with E-state index in [4.69, 9.17) is 0 Å². The van der Waals surface area contributed by atoms with Crippen molar-refractivity contribution >= 4 is 23.1 Å². The van der Waals surface area contributed by atoms with E-state index < -0.39 is 0 Å². The summed E-state index contributed by atoms with van der Waals surface area (Å²) in [6, 6.07) is 0.0912. The third-order valence-corrected chi connectivity index (χ3v) is 5.17. The summed E-state index contributed by atoms with van der Waals surface area (Å²) in [5, 5.41) is 4.29. The third kappa shape index (κ3) is 4.07. The smallest absolute Gasteiger partial charge is 0.236 e. The van der Waals surface area contributed by atoms with Gasteiger partial charge in [-0.05, 0) is 13.8 Å². The first-order chi connectivity index (χ1) is 11.6.